The Hall–Kier alpha value is -0.100. The van der Waals surface area contributed by atoms with Crippen LogP contribution in [0, 0.1) is 0 Å². The molecule has 0 aromatic heterocycles. The molecule has 1 amide bonds. The summed E-state index contributed by atoms with van der Waals surface area (Å²) in [5.74, 6) is -0.461. The Balaban J connectivity index is 4.53. The summed E-state index contributed by atoms with van der Waals surface area (Å²) in [5.41, 5.74) is -0.434. The molecule has 1 unspecified atom stereocenters. The lowest BCUT2D eigenvalue weighted by Crippen LogP contribution is -2.49. The summed E-state index contributed by atoms with van der Waals surface area (Å²) in [7, 11) is -3.31. The van der Waals surface area contributed by atoms with Crippen LogP contribution >= 0.6 is 15.9 Å². The maximum atomic E-state index is 11.5. The lowest BCUT2D eigenvalue weighted by Gasteiger charge is -2.25. The number of rotatable bonds is 4. The minimum atomic E-state index is -3.31. The first-order chi connectivity index (χ1) is 6.10. The number of nitrogens with one attached hydrogen (secondary N) is 1. The normalized spacial score (nSPS) is 14.9. The van der Waals surface area contributed by atoms with Gasteiger partial charge in [-0.2, -0.15) is 0 Å². The van der Waals surface area contributed by atoms with E-state index in [-0.39, 0.29) is 0 Å². The van der Waals surface area contributed by atoms with Gasteiger partial charge in [0.2, 0.25) is 5.91 Å². The van der Waals surface area contributed by atoms with Gasteiger partial charge in [-0.15, -0.1) is 0 Å². The zero-order chi connectivity index (χ0) is 11.6. The van der Waals surface area contributed by atoms with Crippen LogP contribution in [-0.4, -0.2) is 36.7 Å². The molecule has 6 heteroatoms. The fraction of sp³-hybridized carbons (Fsp3) is 0.875. The smallest absolute Gasteiger partial charge is 0.238 e. The van der Waals surface area contributed by atoms with E-state index in [1.165, 1.54) is 6.92 Å². The molecule has 1 atom stereocenters. The van der Waals surface area contributed by atoms with Crippen LogP contribution in [0.3, 0.4) is 0 Å². The van der Waals surface area contributed by atoms with Gasteiger partial charge in [0.15, 0.2) is 9.84 Å². The molecule has 0 aromatic rings. The first-order valence-electron chi connectivity index (χ1n) is 4.17. The third kappa shape index (κ3) is 4.41. The summed E-state index contributed by atoms with van der Waals surface area (Å²) < 4.78 is 22.1. The van der Waals surface area contributed by atoms with Crippen molar-refractivity contribution >= 4 is 31.7 Å². The van der Waals surface area contributed by atoms with Gasteiger partial charge in [0, 0.05) is 17.1 Å². The molecule has 0 saturated heterocycles. The zero-order valence-corrected chi connectivity index (χ0v) is 11.2. The lowest BCUT2D eigenvalue weighted by atomic mass is 10.1. The quantitative estimate of drug-likeness (QED) is 0.774. The SMILES string of the molecule is CC(C(=O)NC(C)(C)CBr)S(C)(=O)=O. The molecule has 0 heterocycles. The van der Waals surface area contributed by atoms with E-state index in [2.05, 4.69) is 21.2 Å². The van der Waals surface area contributed by atoms with E-state index in [0.29, 0.717) is 5.33 Å². The third-order valence-electron chi connectivity index (χ3n) is 1.81. The first-order valence-corrected chi connectivity index (χ1v) is 7.24. The second-order valence-electron chi connectivity index (χ2n) is 3.98. The number of sulfone groups is 1. The van der Waals surface area contributed by atoms with E-state index in [1.807, 2.05) is 13.8 Å². The van der Waals surface area contributed by atoms with Crippen molar-refractivity contribution in [3.05, 3.63) is 0 Å². The standard InChI is InChI=1S/C8H16BrNO3S/c1-6(14(4,12)13)7(11)10-8(2,3)5-9/h6H,5H2,1-4H3,(H,10,11). The predicted molar refractivity (Wildman–Crippen MR) is 60.3 cm³/mol. The molecule has 0 bridgehead atoms. The predicted octanol–water partition coefficient (Wildman–Crippen LogP) is 0.709. The number of carbonyl (C=O) groups excluding carboxylic acids is 1. The molecular formula is C8H16BrNO3S. The average Bonchev–Trinajstić information content (AvgIpc) is 2.00. The molecule has 0 saturated carbocycles. The Labute approximate surface area is 93.5 Å². The summed E-state index contributed by atoms with van der Waals surface area (Å²) in [5, 5.41) is 2.22. The van der Waals surface area contributed by atoms with Crippen LogP contribution < -0.4 is 5.32 Å². The van der Waals surface area contributed by atoms with Crippen molar-refractivity contribution < 1.29 is 13.2 Å². The molecule has 0 radical (unpaired) electrons. The third-order valence-corrected chi connectivity index (χ3v) is 4.71. The number of amides is 1. The lowest BCUT2D eigenvalue weighted by molar-refractivity contribution is -0.121. The van der Waals surface area contributed by atoms with Gasteiger partial charge in [0.05, 0.1) is 0 Å². The van der Waals surface area contributed by atoms with Crippen LogP contribution in [0.5, 0.6) is 0 Å². The fourth-order valence-corrected chi connectivity index (χ4v) is 1.25. The van der Waals surface area contributed by atoms with Crippen LogP contribution in [0.4, 0.5) is 0 Å². The number of alkyl halides is 1. The number of halogens is 1. The molecule has 0 rings (SSSR count). The van der Waals surface area contributed by atoms with Crippen molar-refractivity contribution in [1.82, 2.24) is 5.32 Å². The molecular weight excluding hydrogens is 270 g/mol. The molecule has 0 aliphatic carbocycles. The molecule has 0 aliphatic heterocycles. The highest BCUT2D eigenvalue weighted by molar-refractivity contribution is 9.09. The minimum Gasteiger partial charge on any atom is -0.349 e. The molecule has 14 heavy (non-hydrogen) atoms. The van der Waals surface area contributed by atoms with Gasteiger partial charge in [-0.1, -0.05) is 15.9 Å². The highest BCUT2D eigenvalue weighted by Crippen LogP contribution is 2.08. The second kappa shape index (κ2) is 4.61. The van der Waals surface area contributed by atoms with Crippen molar-refractivity contribution in [1.29, 1.82) is 0 Å². The van der Waals surface area contributed by atoms with Gasteiger partial charge in [0.1, 0.15) is 5.25 Å². The Bertz CT molecular complexity index is 311. The number of hydrogen-bond donors (Lipinski definition) is 1. The summed E-state index contributed by atoms with van der Waals surface area (Å²) in [6.45, 7) is 5.01. The fourth-order valence-electron chi connectivity index (χ4n) is 0.663. The van der Waals surface area contributed by atoms with Gasteiger partial charge < -0.3 is 5.32 Å². The van der Waals surface area contributed by atoms with Gasteiger partial charge in [-0.3, -0.25) is 4.79 Å². The monoisotopic (exact) mass is 285 g/mol. The topological polar surface area (TPSA) is 63.2 Å². The molecule has 4 nitrogen and oxygen atoms in total. The maximum absolute atomic E-state index is 11.5. The Morgan fingerprint density at radius 1 is 1.50 bits per heavy atom. The molecule has 0 aliphatic rings. The van der Waals surface area contributed by atoms with Crippen LogP contribution in [0.2, 0.25) is 0 Å². The first kappa shape index (κ1) is 13.9. The highest BCUT2D eigenvalue weighted by Gasteiger charge is 2.28. The maximum Gasteiger partial charge on any atom is 0.238 e. The van der Waals surface area contributed by atoms with Crippen LogP contribution in [-0.2, 0) is 14.6 Å². The number of hydrogen-bond acceptors (Lipinski definition) is 3. The van der Waals surface area contributed by atoms with Crippen molar-refractivity contribution in [2.24, 2.45) is 0 Å². The van der Waals surface area contributed by atoms with Crippen LogP contribution in [0.1, 0.15) is 20.8 Å². The number of carbonyl (C=O) groups is 1. The zero-order valence-electron chi connectivity index (χ0n) is 8.80. The van der Waals surface area contributed by atoms with Crippen molar-refractivity contribution in [3.63, 3.8) is 0 Å². The second-order valence-corrected chi connectivity index (χ2v) is 6.91. The van der Waals surface area contributed by atoms with Gasteiger partial charge in [-0.05, 0) is 20.8 Å². The molecule has 0 aromatic carbocycles. The highest BCUT2D eigenvalue weighted by atomic mass is 79.9. The van der Waals surface area contributed by atoms with E-state index in [0.717, 1.165) is 6.26 Å². The Morgan fingerprint density at radius 3 is 2.21 bits per heavy atom. The summed E-state index contributed by atoms with van der Waals surface area (Å²) in [6, 6.07) is 0. The molecule has 0 spiro atoms. The van der Waals surface area contributed by atoms with E-state index >= 15 is 0 Å². The van der Waals surface area contributed by atoms with E-state index in [9.17, 15) is 13.2 Å². The van der Waals surface area contributed by atoms with Crippen LogP contribution in [0.15, 0.2) is 0 Å². The van der Waals surface area contributed by atoms with E-state index in [1.54, 1.807) is 0 Å². The summed E-state index contributed by atoms with van der Waals surface area (Å²) >= 11 is 3.23. The Morgan fingerprint density at radius 2 is 1.93 bits per heavy atom. The van der Waals surface area contributed by atoms with Crippen molar-refractivity contribution in [2.75, 3.05) is 11.6 Å². The van der Waals surface area contributed by atoms with Crippen LogP contribution in [0.25, 0.3) is 0 Å². The summed E-state index contributed by atoms with van der Waals surface area (Å²) in [4.78, 5) is 11.5. The Kier molecular flexibility index (Phi) is 4.58. The van der Waals surface area contributed by atoms with Crippen molar-refractivity contribution in [3.8, 4) is 0 Å². The molecule has 0 fully saturated rings. The van der Waals surface area contributed by atoms with Gasteiger partial charge in [0.25, 0.3) is 0 Å². The minimum absolute atomic E-state index is 0.434. The molecule has 84 valence electrons. The average molecular weight is 286 g/mol. The molecule has 1 N–H and O–H groups in total. The van der Waals surface area contributed by atoms with Gasteiger partial charge in [-0.25, -0.2) is 8.42 Å². The van der Waals surface area contributed by atoms with Gasteiger partial charge >= 0.3 is 0 Å². The van der Waals surface area contributed by atoms with Crippen molar-refractivity contribution in [2.45, 2.75) is 31.6 Å². The van der Waals surface area contributed by atoms with E-state index < -0.39 is 26.5 Å². The van der Waals surface area contributed by atoms with E-state index in [4.69, 9.17) is 0 Å². The summed E-state index contributed by atoms with van der Waals surface area (Å²) in [6.07, 6.45) is 1.05. The largest absolute Gasteiger partial charge is 0.349 e.